The Kier molecular flexibility index (Phi) is 6.60. The monoisotopic (exact) mass is 449 g/mol. The van der Waals surface area contributed by atoms with E-state index in [9.17, 15) is 4.79 Å². The Labute approximate surface area is 196 Å². The number of hydrogen-bond donors (Lipinski definition) is 0. The number of aryl methyl sites for hydroxylation is 1. The first-order valence-electron chi connectivity index (χ1n) is 12.4. The second-order valence-electron chi connectivity index (χ2n) is 9.81. The Morgan fingerprint density at radius 1 is 0.970 bits per heavy atom. The number of anilines is 2. The second kappa shape index (κ2) is 9.77. The normalized spacial score (nSPS) is 24.8. The Hall–Kier alpha value is -2.51. The molecule has 0 aliphatic carbocycles. The van der Waals surface area contributed by atoms with Crippen molar-refractivity contribution in [2.45, 2.75) is 57.6 Å². The smallest absolute Gasteiger partial charge is 0.253 e. The number of hydrogen-bond acceptors (Lipinski definition) is 6. The second-order valence-corrected chi connectivity index (χ2v) is 9.81. The number of piperidine rings is 1. The summed E-state index contributed by atoms with van der Waals surface area (Å²) in [5.74, 6) is 0.929. The average Bonchev–Trinajstić information content (AvgIpc) is 3.04. The molecule has 2 aromatic rings. The minimum atomic E-state index is -0.266. The van der Waals surface area contributed by atoms with Gasteiger partial charge in [0.25, 0.3) is 5.91 Å². The molecule has 1 unspecified atom stereocenters. The molecule has 1 atom stereocenters. The lowest BCUT2D eigenvalue weighted by Crippen LogP contribution is -2.55. The van der Waals surface area contributed by atoms with Gasteiger partial charge in [-0.1, -0.05) is 17.7 Å². The largest absolute Gasteiger partial charge is 0.363 e. The molecule has 0 N–H and O–H groups in total. The summed E-state index contributed by atoms with van der Waals surface area (Å²) in [6.07, 6.45) is 8.62. The number of likely N-dealkylation sites (tertiary alicyclic amines) is 1. The topological polar surface area (TPSA) is 61.8 Å². The molecule has 33 heavy (non-hydrogen) atoms. The molecular formula is C26H35N5O2. The van der Waals surface area contributed by atoms with Crippen molar-refractivity contribution in [2.75, 3.05) is 49.1 Å². The minimum Gasteiger partial charge on any atom is -0.363 e. The Morgan fingerprint density at radius 3 is 2.61 bits per heavy atom. The summed E-state index contributed by atoms with van der Waals surface area (Å²) in [5, 5.41) is 0. The fourth-order valence-corrected chi connectivity index (χ4v) is 5.31. The molecular weight excluding hydrogens is 414 g/mol. The van der Waals surface area contributed by atoms with E-state index < -0.39 is 0 Å². The van der Waals surface area contributed by atoms with Gasteiger partial charge in [-0.15, -0.1) is 0 Å². The van der Waals surface area contributed by atoms with Gasteiger partial charge in [-0.3, -0.25) is 9.69 Å². The summed E-state index contributed by atoms with van der Waals surface area (Å²) < 4.78 is 6.22. The number of morpholine rings is 1. The molecule has 5 rings (SSSR count). The zero-order valence-corrected chi connectivity index (χ0v) is 19.7. The van der Waals surface area contributed by atoms with Gasteiger partial charge in [0.1, 0.15) is 6.61 Å². The lowest BCUT2D eigenvalue weighted by Gasteiger charge is -2.42. The zero-order valence-electron chi connectivity index (χ0n) is 19.7. The molecule has 0 radical (unpaired) electrons. The van der Waals surface area contributed by atoms with Crippen molar-refractivity contribution in [1.82, 2.24) is 14.9 Å². The van der Waals surface area contributed by atoms with E-state index in [-0.39, 0.29) is 18.1 Å². The first-order chi connectivity index (χ1) is 16.1. The molecule has 4 heterocycles. The SMILES string of the molecule is Cc1ccc(N2CC3(CCCN(Cc4ccnc(N5CCCCC5)n4)CC3)OCC2=O)cc1. The molecule has 1 aromatic heterocycles. The van der Waals surface area contributed by atoms with Crippen LogP contribution in [0.3, 0.4) is 0 Å². The average molecular weight is 450 g/mol. The van der Waals surface area contributed by atoms with Crippen molar-refractivity contribution in [3.05, 3.63) is 47.8 Å². The van der Waals surface area contributed by atoms with Crippen LogP contribution in [0, 0.1) is 6.92 Å². The van der Waals surface area contributed by atoms with Crippen LogP contribution in [0.5, 0.6) is 0 Å². The highest BCUT2D eigenvalue weighted by molar-refractivity contribution is 5.95. The van der Waals surface area contributed by atoms with Crippen LogP contribution in [-0.2, 0) is 16.1 Å². The van der Waals surface area contributed by atoms with E-state index in [0.29, 0.717) is 6.54 Å². The fraction of sp³-hybridized carbons (Fsp3) is 0.577. The molecule has 3 fully saturated rings. The van der Waals surface area contributed by atoms with Crippen LogP contribution in [0.2, 0.25) is 0 Å². The van der Waals surface area contributed by atoms with E-state index in [1.54, 1.807) is 0 Å². The summed E-state index contributed by atoms with van der Waals surface area (Å²) in [6.45, 7) is 7.78. The van der Waals surface area contributed by atoms with Gasteiger partial charge in [0.05, 0.1) is 17.8 Å². The highest BCUT2D eigenvalue weighted by Gasteiger charge is 2.41. The van der Waals surface area contributed by atoms with Crippen LogP contribution in [0.4, 0.5) is 11.6 Å². The molecule has 3 aliphatic heterocycles. The third kappa shape index (κ3) is 5.20. The maximum absolute atomic E-state index is 12.6. The van der Waals surface area contributed by atoms with Crippen LogP contribution < -0.4 is 9.80 Å². The number of rotatable bonds is 4. The lowest BCUT2D eigenvalue weighted by atomic mass is 9.92. The summed E-state index contributed by atoms with van der Waals surface area (Å²) in [7, 11) is 0. The van der Waals surface area contributed by atoms with Gasteiger partial charge >= 0.3 is 0 Å². The van der Waals surface area contributed by atoms with E-state index in [4.69, 9.17) is 9.72 Å². The molecule has 7 nitrogen and oxygen atoms in total. The predicted octanol–water partition coefficient (Wildman–Crippen LogP) is 3.56. The molecule has 1 spiro atoms. The van der Waals surface area contributed by atoms with Crippen molar-refractivity contribution in [1.29, 1.82) is 0 Å². The van der Waals surface area contributed by atoms with Gasteiger partial charge in [-0.05, 0) is 70.2 Å². The van der Waals surface area contributed by atoms with Crippen LogP contribution in [-0.4, -0.2) is 65.7 Å². The number of benzene rings is 1. The third-order valence-corrected chi connectivity index (χ3v) is 7.31. The van der Waals surface area contributed by atoms with Crippen LogP contribution in [0.1, 0.15) is 49.8 Å². The number of aromatic nitrogens is 2. The maximum Gasteiger partial charge on any atom is 0.253 e. The fourth-order valence-electron chi connectivity index (χ4n) is 5.31. The van der Waals surface area contributed by atoms with E-state index in [2.05, 4.69) is 33.8 Å². The number of nitrogens with zero attached hydrogens (tertiary/aromatic N) is 5. The van der Waals surface area contributed by atoms with Crippen LogP contribution >= 0.6 is 0 Å². The van der Waals surface area contributed by atoms with Crippen molar-refractivity contribution in [3.8, 4) is 0 Å². The summed E-state index contributed by atoms with van der Waals surface area (Å²) in [4.78, 5) is 28.8. The van der Waals surface area contributed by atoms with Gasteiger partial charge in [0.15, 0.2) is 0 Å². The van der Waals surface area contributed by atoms with E-state index >= 15 is 0 Å². The van der Waals surface area contributed by atoms with Crippen LogP contribution in [0.25, 0.3) is 0 Å². The van der Waals surface area contributed by atoms with Crippen molar-refractivity contribution in [2.24, 2.45) is 0 Å². The third-order valence-electron chi connectivity index (χ3n) is 7.31. The molecule has 7 heteroatoms. The minimum absolute atomic E-state index is 0.0526. The number of carbonyl (C=O) groups excluding carboxylic acids is 1. The zero-order chi connectivity index (χ0) is 22.7. The first-order valence-corrected chi connectivity index (χ1v) is 12.4. The van der Waals surface area contributed by atoms with Gasteiger partial charge in [0.2, 0.25) is 5.95 Å². The molecule has 0 saturated carbocycles. The summed E-state index contributed by atoms with van der Waals surface area (Å²) in [6, 6.07) is 10.3. The maximum atomic E-state index is 12.6. The van der Waals surface area contributed by atoms with Gasteiger partial charge < -0.3 is 14.5 Å². The Balaban J connectivity index is 1.23. The van der Waals surface area contributed by atoms with Crippen molar-refractivity contribution in [3.63, 3.8) is 0 Å². The number of amides is 1. The Bertz CT molecular complexity index is 959. The lowest BCUT2D eigenvalue weighted by molar-refractivity contribution is -0.140. The van der Waals surface area contributed by atoms with E-state index in [1.807, 2.05) is 29.3 Å². The predicted molar refractivity (Wildman–Crippen MR) is 129 cm³/mol. The van der Waals surface area contributed by atoms with Crippen molar-refractivity contribution >= 4 is 17.5 Å². The van der Waals surface area contributed by atoms with Crippen LogP contribution in [0.15, 0.2) is 36.5 Å². The summed E-state index contributed by atoms with van der Waals surface area (Å²) >= 11 is 0. The van der Waals surface area contributed by atoms with Gasteiger partial charge in [-0.25, -0.2) is 9.97 Å². The molecule has 3 saturated heterocycles. The van der Waals surface area contributed by atoms with Gasteiger partial charge in [-0.2, -0.15) is 0 Å². The molecule has 3 aliphatic rings. The molecule has 0 bridgehead atoms. The standard InChI is InChI=1S/C26H35N5O2/c1-21-6-8-23(9-7-21)31-20-26(33-19-24(31)32)11-5-14-29(17-12-26)18-22-10-13-27-25(28-22)30-15-3-2-4-16-30/h6-10,13H,2-5,11-12,14-20H2,1H3. The number of ether oxygens (including phenoxy) is 1. The van der Waals surface area contributed by atoms with E-state index in [0.717, 1.165) is 69.3 Å². The molecule has 1 aromatic carbocycles. The van der Waals surface area contributed by atoms with Crippen molar-refractivity contribution < 1.29 is 9.53 Å². The van der Waals surface area contributed by atoms with Gasteiger partial charge in [0, 0.05) is 38.1 Å². The quantitative estimate of drug-likeness (QED) is 0.711. The molecule has 176 valence electrons. The first kappa shape index (κ1) is 22.3. The number of carbonyl (C=O) groups is 1. The molecule has 1 amide bonds. The Morgan fingerprint density at radius 2 is 1.79 bits per heavy atom. The summed E-state index contributed by atoms with van der Waals surface area (Å²) in [5.41, 5.74) is 2.99. The van der Waals surface area contributed by atoms with E-state index in [1.165, 1.54) is 24.8 Å². The highest BCUT2D eigenvalue weighted by atomic mass is 16.5. The highest BCUT2D eigenvalue weighted by Crippen LogP contribution is 2.33.